The van der Waals surface area contributed by atoms with E-state index in [1.54, 1.807) is 18.2 Å². The van der Waals surface area contributed by atoms with E-state index in [0.29, 0.717) is 37.7 Å². The molecule has 0 saturated carbocycles. The highest BCUT2D eigenvalue weighted by Gasteiger charge is 2.31. The molecule has 0 atom stereocenters. The van der Waals surface area contributed by atoms with Gasteiger partial charge in [-0.25, -0.2) is 0 Å². The van der Waals surface area contributed by atoms with Crippen LogP contribution in [0.1, 0.15) is 18.4 Å². The van der Waals surface area contributed by atoms with Gasteiger partial charge in [0.2, 0.25) is 0 Å². The fourth-order valence-electron chi connectivity index (χ4n) is 2.25. The molecule has 2 rings (SSSR count). The highest BCUT2D eigenvalue weighted by atomic mass is 35.5. The maximum atomic E-state index is 12.5. The Morgan fingerprint density at radius 1 is 1.40 bits per heavy atom. The molecule has 1 aromatic rings. The Hall–Kier alpha value is -1.77. The summed E-state index contributed by atoms with van der Waals surface area (Å²) in [5.74, 6) is -0.270. The first-order valence-electron chi connectivity index (χ1n) is 7.26. The highest BCUT2D eigenvalue weighted by molar-refractivity contribution is 8.26. The van der Waals surface area contributed by atoms with Crippen molar-refractivity contribution in [3.63, 3.8) is 0 Å². The van der Waals surface area contributed by atoms with Gasteiger partial charge >= 0.3 is 5.97 Å². The van der Waals surface area contributed by atoms with Crippen molar-refractivity contribution in [1.82, 2.24) is 4.90 Å². The predicted octanol–water partition coefficient (Wildman–Crippen LogP) is 3.42. The minimum atomic E-state index is -0.902. The molecule has 0 aliphatic carbocycles. The molecule has 1 amide bonds. The molecule has 134 valence electrons. The van der Waals surface area contributed by atoms with Crippen LogP contribution in [-0.4, -0.2) is 47.0 Å². The van der Waals surface area contributed by atoms with Crippen LogP contribution in [0.5, 0.6) is 11.5 Å². The number of rotatable bonds is 7. The van der Waals surface area contributed by atoms with Crippen molar-refractivity contribution in [1.29, 1.82) is 0 Å². The lowest BCUT2D eigenvalue weighted by molar-refractivity contribution is -0.137. The third-order valence-corrected chi connectivity index (χ3v) is 5.06. The number of carbonyl (C=O) groups is 2. The summed E-state index contributed by atoms with van der Waals surface area (Å²) in [7, 11) is 2.99. The summed E-state index contributed by atoms with van der Waals surface area (Å²) in [6.45, 7) is 0.279. The van der Waals surface area contributed by atoms with E-state index in [4.69, 9.17) is 38.4 Å². The van der Waals surface area contributed by atoms with Gasteiger partial charge in [-0.1, -0.05) is 35.6 Å². The van der Waals surface area contributed by atoms with Gasteiger partial charge in [0.15, 0.2) is 11.5 Å². The molecular formula is C16H16ClNO5S2. The number of carboxylic acids is 1. The highest BCUT2D eigenvalue weighted by Crippen LogP contribution is 2.38. The SMILES string of the molecule is COc1cc(/C=C2\SC(=S)N(CCCC(=O)O)C2=O)cc(Cl)c1OC. The molecule has 1 heterocycles. The number of carbonyl (C=O) groups excluding carboxylic acids is 1. The van der Waals surface area contributed by atoms with Gasteiger partial charge < -0.3 is 14.6 Å². The van der Waals surface area contributed by atoms with Crippen LogP contribution in [0.25, 0.3) is 6.08 Å². The number of halogens is 1. The Morgan fingerprint density at radius 2 is 2.12 bits per heavy atom. The zero-order valence-electron chi connectivity index (χ0n) is 13.6. The number of thioether (sulfide) groups is 1. The zero-order valence-corrected chi connectivity index (χ0v) is 16.0. The number of ether oxygens (including phenoxy) is 2. The zero-order chi connectivity index (χ0) is 18.6. The fraction of sp³-hybridized carbons (Fsp3) is 0.312. The van der Waals surface area contributed by atoms with Gasteiger partial charge in [0, 0.05) is 13.0 Å². The van der Waals surface area contributed by atoms with Gasteiger partial charge in [-0.3, -0.25) is 14.5 Å². The summed E-state index contributed by atoms with van der Waals surface area (Å²) < 4.78 is 10.8. The van der Waals surface area contributed by atoms with Crippen LogP contribution in [0.2, 0.25) is 5.02 Å². The van der Waals surface area contributed by atoms with Crippen LogP contribution >= 0.6 is 35.6 Å². The smallest absolute Gasteiger partial charge is 0.303 e. The van der Waals surface area contributed by atoms with Crippen LogP contribution in [0.3, 0.4) is 0 Å². The first-order valence-corrected chi connectivity index (χ1v) is 8.86. The minimum absolute atomic E-state index is 0.0125. The Kier molecular flexibility index (Phi) is 6.69. The maximum Gasteiger partial charge on any atom is 0.303 e. The molecule has 6 nitrogen and oxygen atoms in total. The molecule has 0 spiro atoms. The van der Waals surface area contributed by atoms with Crippen LogP contribution in [0.4, 0.5) is 0 Å². The lowest BCUT2D eigenvalue weighted by atomic mass is 10.1. The van der Waals surface area contributed by atoms with E-state index in [-0.39, 0.29) is 18.9 Å². The number of amides is 1. The molecule has 1 aromatic carbocycles. The summed E-state index contributed by atoms with van der Waals surface area (Å²) in [5.41, 5.74) is 0.675. The average molecular weight is 402 g/mol. The van der Waals surface area contributed by atoms with E-state index in [2.05, 4.69) is 0 Å². The monoisotopic (exact) mass is 401 g/mol. The molecule has 0 bridgehead atoms. The molecule has 1 saturated heterocycles. The standard InChI is InChI=1S/C16H16ClNO5S2/c1-22-11-7-9(6-10(17)14(11)23-2)8-12-15(21)18(16(24)25-12)5-3-4-13(19)20/h6-8H,3-5H2,1-2H3,(H,19,20)/b12-8-. The van der Waals surface area contributed by atoms with Gasteiger partial charge in [-0.05, 0) is 30.2 Å². The Morgan fingerprint density at radius 3 is 2.72 bits per heavy atom. The van der Waals surface area contributed by atoms with Crippen molar-refractivity contribution < 1.29 is 24.2 Å². The molecule has 0 unspecified atom stereocenters. The quantitative estimate of drug-likeness (QED) is 0.554. The summed E-state index contributed by atoms with van der Waals surface area (Å²) >= 11 is 12.6. The second-order valence-corrected chi connectivity index (χ2v) is 7.15. The molecular weight excluding hydrogens is 386 g/mol. The van der Waals surface area contributed by atoms with Crippen molar-refractivity contribution in [3.05, 3.63) is 27.6 Å². The number of carboxylic acid groups (broad SMARTS) is 1. The normalized spacial score (nSPS) is 15.8. The number of hydrogen-bond donors (Lipinski definition) is 1. The topological polar surface area (TPSA) is 76.1 Å². The Bertz CT molecular complexity index is 750. The second kappa shape index (κ2) is 8.55. The first-order chi connectivity index (χ1) is 11.9. The number of hydrogen-bond acceptors (Lipinski definition) is 6. The first kappa shape index (κ1) is 19.6. The van der Waals surface area contributed by atoms with E-state index in [1.807, 2.05) is 0 Å². The Balaban J connectivity index is 2.21. The third-order valence-electron chi connectivity index (χ3n) is 3.40. The van der Waals surface area contributed by atoms with Crippen molar-refractivity contribution in [3.8, 4) is 11.5 Å². The van der Waals surface area contributed by atoms with Crippen LogP contribution in [0.15, 0.2) is 17.0 Å². The number of methoxy groups -OCH3 is 2. The maximum absolute atomic E-state index is 12.5. The largest absolute Gasteiger partial charge is 0.493 e. The van der Waals surface area contributed by atoms with Gasteiger partial charge in [-0.15, -0.1) is 0 Å². The van der Waals surface area contributed by atoms with E-state index in [1.165, 1.54) is 30.9 Å². The van der Waals surface area contributed by atoms with Gasteiger partial charge in [0.05, 0.1) is 24.1 Å². The van der Waals surface area contributed by atoms with Gasteiger partial charge in [0.25, 0.3) is 5.91 Å². The van der Waals surface area contributed by atoms with E-state index < -0.39 is 5.97 Å². The van der Waals surface area contributed by atoms with Crippen molar-refractivity contribution in [2.75, 3.05) is 20.8 Å². The number of benzene rings is 1. The van der Waals surface area contributed by atoms with Crippen molar-refractivity contribution in [2.24, 2.45) is 0 Å². The molecule has 1 aliphatic heterocycles. The Labute approximate surface area is 159 Å². The average Bonchev–Trinajstić information content (AvgIpc) is 2.81. The molecule has 1 aliphatic rings. The van der Waals surface area contributed by atoms with E-state index >= 15 is 0 Å². The van der Waals surface area contributed by atoms with Gasteiger partial charge in [-0.2, -0.15) is 0 Å². The summed E-state index contributed by atoms with van der Waals surface area (Å²) in [6, 6.07) is 3.38. The number of nitrogens with zero attached hydrogens (tertiary/aromatic N) is 1. The molecule has 1 fully saturated rings. The lowest BCUT2D eigenvalue weighted by Crippen LogP contribution is -2.29. The molecule has 0 aromatic heterocycles. The van der Waals surface area contributed by atoms with Crippen molar-refractivity contribution >= 4 is 57.9 Å². The van der Waals surface area contributed by atoms with E-state index in [9.17, 15) is 9.59 Å². The van der Waals surface area contributed by atoms with Crippen molar-refractivity contribution in [2.45, 2.75) is 12.8 Å². The summed E-state index contributed by atoms with van der Waals surface area (Å²) in [6.07, 6.45) is 2.00. The minimum Gasteiger partial charge on any atom is -0.493 e. The molecule has 1 N–H and O–H groups in total. The van der Waals surface area contributed by atoms with Crippen LogP contribution < -0.4 is 9.47 Å². The number of aliphatic carboxylic acids is 1. The lowest BCUT2D eigenvalue weighted by Gasteiger charge is -2.13. The summed E-state index contributed by atoms with van der Waals surface area (Å²) in [4.78, 5) is 24.9. The predicted molar refractivity (Wildman–Crippen MR) is 101 cm³/mol. The van der Waals surface area contributed by atoms with Crippen LogP contribution in [-0.2, 0) is 9.59 Å². The number of thiocarbonyl (C=S) groups is 1. The van der Waals surface area contributed by atoms with E-state index in [0.717, 1.165) is 0 Å². The molecule has 9 heteroatoms. The molecule has 25 heavy (non-hydrogen) atoms. The summed E-state index contributed by atoms with van der Waals surface area (Å²) in [5, 5.41) is 9.06. The van der Waals surface area contributed by atoms with Crippen LogP contribution in [0, 0.1) is 0 Å². The fourth-order valence-corrected chi connectivity index (χ4v) is 3.86. The van der Waals surface area contributed by atoms with Gasteiger partial charge in [0.1, 0.15) is 4.32 Å². The third kappa shape index (κ3) is 4.65. The second-order valence-electron chi connectivity index (χ2n) is 5.07. The molecule has 0 radical (unpaired) electrons.